The molecule has 2 amide bonds. The van der Waals surface area contributed by atoms with E-state index >= 15 is 0 Å². The molecule has 1 unspecified atom stereocenters. The third-order valence-corrected chi connectivity index (χ3v) is 4.38. The third kappa shape index (κ3) is 2.36. The molecule has 1 aliphatic heterocycles. The van der Waals surface area contributed by atoms with Gasteiger partial charge in [-0.3, -0.25) is 9.59 Å². The Hall–Kier alpha value is -1.80. The van der Waals surface area contributed by atoms with Crippen molar-refractivity contribution in [3.63, 3.8) is 0 Å². The van der Waals surface area contributed by atoms with Crippen LogP contribution in [0.5, 0.6) is 0 Å². The predicted octanol–water partition coefficient (Wildman–Crippen LogP) is -0.674. The molecule has 104 valence electrons. The van der Waals surface area contributed by atoms with Crippen molar-refractivity contribution in [1.82, 2.24) is 5.32 Å². The lowest BCUT2D eigenvalue weighted by Crippen LogP contribution is -2.27. The molecular weight excluding hydrogens is 266 g/mol. The molecule has 0 radical (unpaired) electrons. The minimum absolute atomic E-state index is 0.0625. The monoisotopic (exact) mass is 283 g/mol. The number of primary amides is 1. The van der Waals surface area contributed by atoms with Gasteiger partial charge in [0.25, 0.3) is 11.8 Å². The maximum absolute atomic E-state index is 11.7. The molecule has 0 spiro atoms. The first kappa shape index (κ1) is 13.6. The fourth-order valence-electron chi connectivity index (χ4n) is 2.15. The summed E-state index contributed by atoms with van der Waals surface area (Å²) in [4.78, 5) is 25.6. The van der Waals surface area contributed by atoms with E-state index in [9.17, 15) is 9.59 Å². The van der Waals surface area contributed by atoms with Crippen molar-refractivity contribution in [3.8, 4) is 0 Å². The number of amides is 2. The van der Waals surface area contributed by atoms with Crippen molar-refractivity contribution >= 4 is 33.8 Å². The predicted molar refractivity (Wildman–Crippen MR) is 75.4 cm³/mol. The van der Waals surface area contributed by atoms with E-state index in [-0.39, 0.29) is 23.2 Å². The molecule has 0 aromatic carbocycles. The maximum Gasteiger partial charge on any atom is 0.263 e. The van der Waals surface area contributed by atoms with Crippen LogP contribution in [0.2, 0.25) is 0 Å². The number of rotatable bonds is 3. The Morgan fingerprint density at radius 2 is 2.16 bits per heavy atom. The fourth-order valence-corrected chi connectivity index (χ4v) is 3.35. The number of hydrogen-bond acceptors (Lipinski definition) is 6. The van der Waals surface area contributed by atoms with Gasteiger partial charge in [0.05, 0.1) is 11.3 Å². The van der Waals surface area contributed by atoms with E-state index in [2.05, 4.69) is 5.32 Å². The van der Waals surface area contributed by atoms with E-state index in [0.29, 0.717) is 16.4 Å². The lowest BCUT2D eigenvalue weighted by atomic mass is 10.2. The van der Waals surface area contributed by atoms with Crippen LogP contribution >= 0.6 is 11.3 Å². The zero-order chi connectivity index (χ0) is 14.2. The number of nitrogens with one attached hydrogen (secondary N) is 1. The van der Waals surface area contributed by atoms with Gasteiger partial charge in [-0.1, -0.05) is 0 Å². The first-order chi connectivity index (χ1) is 8.95. The molecule has 1 aromatic rings. The Kier molecular flexibility index (Phi) is 3.63. The highest BCUT2D eigenvalue weighted by molar-refractivity contribution is 7.19. The molecule has 1 aromatic heterocycles. The van der Waals surface area contributed by atoms with Crippen LogP contribution in [0.3, 0.4) is 0 Å². The van der Waals surface area contributed by atoms with Crippen LogP contribution in [0.4, 0.5) is 10.7 Å². The zero-order valence-electron chi connectivity index (χ0n) is 10.6. The fraction of sp³-hybridized carbons (Fsp3) is 0.455. The van der Waals surface area contributed by atoms with E-state index in [4.69, 9.17) is 17.2 Å². The van der Waals surface area contributed by atoms with Gasteiger partial charge in [0.1, 0.15) is 9.88 Å². The molecule has 0 bridgehead atoms. The highest BCUT2D eigenvalue weighted by atomic mass is 32.1. The maximum atomic E-state index is 11.7. The van der Waals surface area contributed by atoms with Crippen LogP contribution in [-0.4, -0.2) is 38.0 Å². The number of carbonyl (C=O) groups is 2. The molecule has 1 fully saturated rings. The van der Waals surface area contributed by atoms with Gasteiger partial charge < -0.3 is 27.4 Å². The lowest BCUT2D eigenvalue weighted by molar-refractivity contribution is 0.0967. The molecule has 7 nitrogen and oxygen atoms in total. The van der Waals surface area contributed by atoms with Crippen LogP contribution < -0.4 is 27.4 Å². The first-order valence-corrected chi connectivity index (χ1v) is 6.72. The second-order valence-electron chi connectivity index (χ2n) is 4.46. The van der Waals surface area contributed by atoms with Crippen LogP contribution in [0.25, 0.3) is 0 Å². The highest BCUT2D eigenvalue weighted by Gasteiger charge is 2.29. The van der Waals surface area contributed by atoms with Crippen molar-refractivity contribution in [1.29, 1.82) is 0 Å². The molecule has 1 aliphatic rings. The number of anilines is 2. The number of nitrogens with two attached hydrogens (primary N) is 3. The standard InChI is InChI=1S/C11H17N5O2S/c1-15-10(18)8-7(13)6(9(14)17)11(19-8)16-3-2-5(12)4-16/h5H,2-4,12-13H2,1H3,(H2,14,17)(H,15,18). The summed E-state index contributed by atoms with van der Waals surface area (Å²) in [5, 5.41) is 3.13. The van der Waals surface area contributed by atoms with E-state index in [1.165, 1.54) is 18.4 Å². The normalized spacial score (nSPS) is 18.6. The Balaban J connectivity index is 2.47. The Labute approximate surface area is 114 Å². The molecule has 19 heavy (non-hydrogen) atoms. The summed E-state index contributed by atoms with van der Waals surface area (Å²) in [6.45, 7) is 1.36. The number of carbonyl (C=O) groups excluding carboxylic acids is 2. The summed E-state index contributed by atoms with van der Waals surface area (Å²) in [5.41, 5.74) is 17.5. The van der Waals surface area contributed by atoms with Crippen molar-refractivity contribution in [3.05, 3.63) is 10.4 Å². The van der Waals surface area contributed by atoms with Crippen LogP contribution in [0.15, 0.2) is 0 Å². The van der Waals surface area contributed by atoms with Crippen LogP contribution in [-0.2, 0) is 0 Å². The average molecular weight is 283 g/mol. The van der Waals surface area contributed by atoms with E-state index in [0.717, 1.165) is 13.0 Å². The van der Waals surface area contributed by atoms with Gasteiger partial charge in [-0.25, -0.2) is 0 Å². The van der Waals surface area contributed by atoms with Gasteiger partial charge in [0.15, 0.2) is 0 Å². The second-order valence-corrected chi connectivity index (χ2v) is 5.46. The van der Waals surface area contributed by atoms with Crippen LogP contribution in [0, 0.1) is 0 Å². The SMILES string of the molecule is CNC(=O)c1sc(N2CCC(N)C2)c(C(N)=O)c1N. The number of nitrogens with zero attached hydrogens (tertiary/aromatic N) is 1. The van der Waals surface area contributed by atoms with Crippen molar-refractivity contribution in [2.24, 2.45) is 11.5 Å². The summed E-state index contributed by atoms with van der Waals surface area (Å²) >= 11 is 1.18. The molecule has 0 aliphatic carbocycles. The van der Waals surface area contributed by atoms with Crippen molar-refractivity contribution < 1.29 is 9.59 Å². The second kappa shape index (κ2) is 5.06. The summed E-state index contributed by atoms with van der Waals surface area (Å²) in [7, 11) is 1.51. The van der Waals surface area contributed by atoms with Gasteiger partial charge in [-0.05, 0) is 6.42 Å². The van der Waals surface area contributed by atoms with Gasteiger partial charge in [0.2, 0.25) is 0 Å². The molecule has 7 N–H and O–H groups in total. The van der Waals surface area contributed by atoms with Crippen LogP contribution in [0.1, 0.15) is 26.5 Å². The topological polar surface area (TPSA) is 127 Å². The molecule has 1 atom stereocenters. The third-order valence-electron chi connectivity index (χ3n) is 3.12. The average Bonchev–Trinajstić information content (AvgIpc) is 2.92. The summed E-state index contributed by atoms with van der Waals surface area (Å²) in [6, 6.07) is 0.0625. The quantitative estimate of drug-likeness (QED) is 0.585. The summed E-state index contributed by atoms with van der Waals surface area (Å²) < 4.78 is 0. The highest BCUT2D eigenvalue weighted by Crippen LogP contribution is 2.39. The molecule has 2 rings (SSSR count). The molecule has 0 saturated carbocycles. The minimum Gasteiger partial charge on any atom is -0.397 e. The van der Waals surface area contributed by atoms with Crippen molar-refractivity contribution in [2.45, 2.75) is 12.5 Å². The minimum atomic E-state index is -0.626. The number of hydrogen-bond donors (Lipinski definition) is 4. The van der Waals surface area contributed by atoms with Gasteiger partial charge in [-0.2, -0.15) is 0 Å². The molecule has 1 saturated heterocycles. The van der Waals surface area contributed by atoms with Gasteiger partial charge in [0, 0.05) is 26.2 Å². The van der Waals surface area contributed by atoms with Gasteiger partial charge in [-0.15, -0.1) is 11.3 Å². The van der Waals surface area contributed by atoms with E-state index in [1.54, 1.807) is 0 Å². The Morgan fingerprint density at radius 1 is 1.47 bits per heavy atom. The molecule has 8 heteroatoms. The molecular formula is C11H17N5O2S. The zero-order valence-corrected chi connectivity index (χ0v) is 11.4. The largest absolute Gasteiger partial charge is 0.397 e. The van der Waals surface area contributed by atoms with E-state index < -0.39 is 5.91 Å². The Bertz CT molecular complexity index is 527. The number of thiophene rings is 1. The van der Waals surface area contributed by atoms with E-state index in [1.807, 2.05) is 4.90 Å². The van der Waals surface area contributed by atoms with Crippen molar-refractivity contribution in [2.75, 3.05) is 30.8 Å². The van der Waals surface area contributed by atoms with Gasteiger partial charge >= 0.3 is 0 Å². The summed E-state index contributed by atoms with van der Waals surface area (Å²) in [6.07, 6.45) is 0.839. The molecule has 2 heterocycles. The first-order valence-electron chi connectivity index (χ1n) is 5.90. The lowest BCUT2D eigenvalue weighted by Gasteiger charge is -2.16. The Morgan fingerprint density at radius 3 is 2.63 bits per heavy atom. The summed E-state index contributed by atoms with van der Waals surface area (Å²) in [5.74, 6) is -0.945. The number of nitrogen functional groups attached to an aromatic ring is 1. The smallest absolute Gasteiger partial charge is 0.263 e.